The molecule has 0 N–H and O–H groups in total. The molecule has 23 heavy (non-hydrogen) atoms. The molecule has 0 bridgehead atoms. The molecule has 0 saturated heterocycles. The second-order valence-corrected chi connectivity index (χ2v) is 5.95. The van der Waals surface area contributed by atoms with E-state index in [1.807, 2.05) is 45.0 Å². The van der Waals surface area contributed by atoms with E-state index >= 15 is 0 Å². The van der Waals surface area contributed by atoms with Crippen LogP contribution in [0.4, 0.5) is 0 Å². The van der Waals surface area contributed by atoms with Crippen LogP contribution in [0.1, 0.15) is 35.7 Å². The molecule has 1 aromatic heterocycles. The first-order valence-corrected chi connectivity index (χ1v) is 7.78. The van der Waals surface area contributed by atoms with Crippen LogP contribution < -0.4 is 0 Å². The Hall–Kier alpha value is -2.55. The summed E-state index contributed by atoms with van der Waals surface area (Å²) in [5, 5.41) is 2.23. The average molecular weight is 308 g/mol. The topological polar surface area (TPSA) is 39.4 Å². The molecule has 0 atom stereocenters. The predicted molar refractivity (Wildman–Crippen MR) is 91.7 cm³/mol. The van der Waals surface area contributed by atoms with Crippen molar-refractivity contribution in [2.24, 2.45) is 0 Å². The number of benzene rings is 2. The molecule has 0 saturated carbocycles. The van der Waals surface area contributed by atoms with Gasteiger partial charge in [-0.15, -0.1) is 0 Å². The van der Waals surface area contributed by atoms with Gasteiger partial charge in [0.15, 0.2) is 0 Å². The first kappa shape index (κ1) is 15.3. The lowest BCUT2D eigenvalue weighted by Crippen LogP contribution is -2.12. The van der Waals surface area contributed by atoms with Gasteiger partial charge >= 0.3 is 5.97 Å². The van der Waals surface area contributed by atoms with E-state index in [4.69, 9.17) is 9.15 Å². The molecule has 0 aliphatic carbocycles. The van der Waals surface area contributed by atoms with E-state index in [2.05, 4.69) is 18.2 Å². The molecular formula is C20H20O3. The molecule has 0 spiro atoms. The third-order valence-corrected chi connectivity index (χ3v) is 3.87. The summed E-state index contributed by atoms with van der Waals surface area (Å²) in [5.74, 6) is 0.989. The molecule has 0 aliphatic heterocycles. The molecule has 3 aromatic rings. The SMILES string of the molecule is Cc1oc(C)c(-c2cccc3ccccc23)c1C(=O)OC(C)C. The van der Waals surface area contributed by atoms with Gasteiger partial charge in [0, 0.05) is 5.56 Å². The number of hydrogen-bond acceptors (Lipinski definition) is 3. The average Bonchev–Trinajstić information content (AvgIpc) is 2.80. The van der Waals surface area contributed by atoms with Gasteiger partial charge in [0.05, 0.1) is 6.10 Å². The normalized spacial score (nSPS) is 11.2. The van der Waals surface area contributed by atoms with Crippen molar-refractivity contribution in [1.82, 2.24) is 0 Å². The van der Waals surface area contributed by atoms with Crippen molar-refractivity contribution in [2.45, 2.75) is 33.8 Å². The number of furan rings is 1. The highest BCUT2D eigenvalue weighted by Gasteiger charge is 2.25. The van der Waals surface area contributed by atoms with E-state index in [-0.39, 0.29) is 12.1 Å². The van der Waals surface area contributed by atoms with Crippen LogP contribution in [0.3, 0.4) is 0 Å². The molecule has 118 valence electrons. The Kier molecular flexibility index (Phi) is 3.95. The minimum absolute atomic E-state index is 0.169. The lowest BCUT2D eigenvalue weighted by Gasteiger charge is -2.11. The summed E-state index contributed by atoms with van der Waals surface area (Å²) in [6, 6.07) is 14.2. The monoisotopic (exact) mass is 308 g/mol. The fourth-order valence-electron chi connectivity index (χ4n) is 2.97. The summed E-state index contributed by atoms with van der Waals surface area (Å²) in [6.45, 7) is 7.38. The Labute approximate surface area is 135 Å². The first-order valence-electron chi connectivity index (χ1n) is 7.78. The van der Waals surface area contributed by atoms with E-state index in [0.29, 0.717) is 11.3 Å². The van der Waals surface area contributed by atoms with Crippen molar-refractivity contribution in [2.75, 3.05) is 0 Å². The second kappa shape index (κ2) is 5.92. The van der Waals surface area contributed by atoms with Crippen LogP contribution in [-0.4, -0.2) is 12.1 Å². The number of fused-ring (bicyclic) bond motifs is 1. The lowest BCUT2D eigenvalue weighted by atomic mass is 9.95. The van der Waals surface area contributed by atoms with E-state index in [1.54, 1.807) is 6.92 Å². The van der Waals surface area contributed by atoms with Gasteiger partial charge in [-0.05, 0) is 44.0 Å². The standard InChI is InChI=1S/C20H20O3/c1-12(2)22-20(21)19-14(4)23-13(3)18(19)17-11-7-9-15-8-5-6-10-16(15)17/h5-12H,1-4H3. The van der Waals surface area contributed by atoms with E-state index < -0.39 is 0 Å². The Morgan fingerprint density at radius 1 is 1.00 bits per heavy atom. The molecule has 0 amide bonds. The molecule has 3 nitrogen and oxygen atoms in total. The van der Waals surface area contributed by atoms with E-state index in [0.717, 1.165) is 27.7 Å². The van der Waals surface area contributed by atoms with Crippen LogP contribution in [0.15, 0.2) is 46.9 Å². The van der Waals surface area contributed by atoms with Crippen molar-refractivity contribution in [3.05, 3.63) is 59.5 Å². The first-order chi connectivity index (χ1) is 11.0. The van der Waals surface area contributed by atoms with E-state index in [9.17, 15) is 4.79 Å². The van der Waals surface area contributed by atoms with Crippen LogP contribution in [0, 0.1) is 13.8 Å². The van der Waals surface area contributed by atoms with Gasteiger partial charge in [-0.25, -0.2) is 4.79 Å². The van der Waals surface area contributed by atoms with Crippen molar-refractivity contribution in [3.63, 3.8) is 0 Å². The maximum atomic E-state index is 12.5. The number of esters is 1. The van der Waals surface area contributed by atoms with E-state index in [1.165, 1.54) is 0 Å². The molecular weight excluding hydrogens is 288 g/mol. The Morgan fingerprint density at radius 2 is 1.70 bits per heavy atom. The maximum absolute atomic E-state index is 12.5. The molecule has 0 radical (unpaired) electrons. The predicted octanol–water partition coefficient (Wildman–Crippen LogP) is 5.28. The Balaban J connectivity index is 2.25. The zero-order chi connectivity index (χ0) is 16.6. The number of aryl methyl sites for hydroxylation is 2. The van der Waals surface area contributed by atoms with Crippen LogP contribution >= 0.6 is 0 Å². The highest BCUT2D eigenvalue weighted by molar-refractivity contribution is 6.05. The van der Waals surface area contributed by atoms with Crippen molar-refractivity contribution in [1.29, 1.82) is 0 Å². The van der Waals surface area contributed by atoms with Gasteiger partial charge in [0.25, 0.3) is 0 Å². The summed E-state index contributed by atoms with van der Waals surface area (Å²) in [4.78, 5) is 12.5. The third-order valence-electron chi connectivity index (χ3n) is 3.87. The zero-order valence-corrected chi connectivity index (χ0v) is 13.8. The zero-order valence-electron chi connectivity index (χ0n) is 13.8. The van der Waals surface area contributed by atoms with Crippen molar-refractivity contribution >= 4 is 16.7 Å². The summed E-state index contributed by atoms with van der Waals surface area (Å²) in [5.41, 5.74) is 2.34. The minimum Gasteiger partial charge on any atom is -0.465 e. The van der Waals surface area contributed by atoms with Crippen molar-refractivity contribution in [3.8, 4) is 11.1 Å². The molecule has 0 aliphatic rings. The molecule has 3 heteroatoms. The summed E-state index contributed by atoms with van der Waals surface area (Å²) in [6.07, 6.45) is -0.169. The molecule has 3 rings (SSSR count). The quantitative estimate of drug-likeness (QED) is 0.618. The highest BCUT2D eigenvalue weighted by atomic mass is 16.5. The Bertz CT molecular complexity index is 866. The molecule has 1 heterocycles. The van der Waals surface area contributed by atoms with Crippen LogP contribution in [-0.2, 0) is 4.74 Å². The second-order valence-electron chi connectivity index (χ2n) is 5.95. The van der Waals surface area contributed by atoms with Gasteiger partial charge in [-0.3, -0.25) is 0 Å². The fraction of sp³-hybridized carbons (Fsp3) is 0.250. The molecule has 0 fully saturated rings. The number of rotatable bonds is 3. The van der Waals surface area contributed by atoms with Crippen LogP contribution in [0.5, 0.6) is 0 Å². The summed E-state index contributed by atoms with van der Waals surface area (Å²) < 4.78 is 11.2. The number of carbonyl (C=O) groups excluding carboxylic acids is 1. The largest absolute Gasteiger partial charge is 0.465 e. The lowest BCUT2D eigenvalue weighted by molar-refractivity contribution is 0.0377. The van der Waals surface area contributed by atoms with Gasteiger partial charge in [-0.1, -0.05) is 42.5 Å². The molecule has 2 aromatic carbocycles. The summed E-state index contributed by atoms with van der Waals surface area (Å²) in [7, 11) is 0. The van der Waals surface area contributed by atoms with Gasteiger partial charge < -0.3 is 9.15 Å². The number of carbonyl (C=O) groups is 1. The number of ether oxygens (including phenoxy) is 1. The van der Waals surface area contributed by atoms with Gasteiger partial charge in [-0.2, -0.15) is 0 Å². The van der Waals surface area contributed by atoms with Gasteiger partial charge in [0.1, 0.15) is 17.1 Å². The maximum Gasteiger partial charge on any atom is 0.342 e. The minimum atomic E-state index is -0.336. The fourth-order valence-corrected chi connectivity index (χ4v) is 2.97. The summed E-state index contributed by atoms with van der Waals surface area (Å²) >= 11 is 0. The molecule has 0 unspecified atom stereocenters. The Morgan fingerprint density at radius 3 is 2.43 bits per heavy atom. The number of hydrogen-bond donors (Lipinski definition) is 0. The van der Waals surface area contributed by atoms with Crippen molar-refractivity contribution < 1.29 is 13.9 Å². The highest BCUT2D eigenvalue weighted by Crippen LogP contribution is 2.37. The van der Waals surface area contributed by atoms with Crippen LogP contribution in [0.2, 0.25) is 0 Å². The smallest absolute Gasteiger partial charge is 0.342 e. The van der Waals surface area contributed by atoms with Crippen LogP contribution in [0.25, 0.3) is 21.9 Å². The third kappa shape index (κ3) is 2.74. The van der Waals surface area contributed by atoms with Gasteiger partial charge in [0.2, 0.25) is 0 Å².